The van der Waals surface area contributed by atoms with Crippen LogP contribution in [0, 0.1) is 0 Å². The molecule has 0 amide bonds. The zero-order valence-corrected chi connectivity index (χ0v) is 50.5. The first kappa shape index (κ1) is 52.4. The van der Waals surface area contributed by atoms with E-state index in [0.29, 0.717) is 0 Å². The van der Waals surface area contributed by atoms with E-state index in [0.717, 1.165) is 0 Å². The van der Waals surface area contributed by atoms with Crippen LogP contribution in [0.1, 0.15) is 25.0 Å². The molecule has 0 spiro atoms. The van der Waals surface area contributed by atoms with E-state index >= 15 is 0 Å². The standard InChI is InChI=1S/C45H32N2.C42H28N2/c1-45(2)39-17-9-6-14-33(39)34-23-22-32(28-40(34)45)47-42-19-11-8-16-36(42)38-27-30(21-25-44(38)47)29-20-24-43-37(26-29)35-15-7-10-18-41(35)46(43)31-12-4-3-5-13-31;1-3-11-29(12-4-1)30-19-23-34(24-20-30)44-40-18-10-8-16-36(40)38-28-32(22-26-42(38)44)31-21-25-41-37(27-31)35-15-7-9-17-39(35)43(41)33-13-5-2-6-14-33/h3-28H,1-2H3;1-28H. The van der Waals surface area contributed by atoms with Crippen LogP contribution in [0.5, 0.6) is 0 Å². The lowest BCUT2D eigenvalue weighted by Crippen LogP contribution is -2.15. The molecule has 0 radical (unpaired) electrons. The second kappa shape index (κ2) is 20.7. The molecule has 18 aromatic rings. The Morgan fingerprint density at radius 3 is 0.890 bits per heavy atom. The molecular formula is C87H60N4. The van der Waals surface area contributed by atoms with Crippen molar-refractivity contribution in [3.8, 4) is 67.3 Å². The van der Waals surface area contributed by atoms with Gasteiger partial charge in [-0.15, -0.1) is 0 Å². The SMILES string of the molecule is CC1(C)c2ccccc2-c2ccc(-n3c4ccccc4c4cc(-c5ccc6c(c5)c5ccccc5n6-c5ccccc5)ccc43)cc21.c1ccc(-c2ccc(-n3c4ccccc4c4cc(-c5ccc6c(c5)c5ccccc5n6-c5ccccc5)ccc43)cc2)cc1. The second-order valence-electron chi connectivity index (χ2n) is 24.8. The van der Waals surface area contributed by atoms with E-state index in [1.165, 1.54) is 166 Å². The van der Waals surface area contributed by atoms with Crippen molar-refractivity contribution in [2.75, 3.05) is 0 Å². The van der Waals surface area contributed by atoms with Gasteiger partial charge in [0.25, 0.3) is 0 Å². The molecule has 0 atom stereocenters. The zero-order chi connectivity index (χ0) is 60.3. The molecule has 4 heterocycles. The minimum atomic E-state index is -0.0455. The third-order valence-corrected chi connectivity index (χ3v) is 19.4. The van der Waals surface area contributed by atoms with E-state index in [9.17, 15) is 0 Å². The van der Waals surface area contributed by atoms with E-state index < -0.39 is 0 Å². The normalized spacial score (nSPS) is 12.6. The van der Waals surface area contributed by atoms with E-state index in [-0.39, 0.29) is 5.41 Å². The molecule has 14 aromatic carbocycles. The first-order valence-corrected chi connectivity index (χ1v) is 31.6. The number of hydrogen-bond acceptors (Lipinski definition) is 0. The van der Waals surface area contributed by atoms with Gasteiger partial charge < -0.3 is 18.3 Å². The van der Waals surface area contributed by atoms with Crippen LogP contribution < -0.4 is 0 Å². The predicted octanol–water partition coefficient (Wildman–Crippen LogP) is 23.1. The maximum absolute atomic E-state index is 2.45. The Morgan fingerprint density at radius 2 is 0.473 bits per heavy atom. The summed E-state index contributed by atoms with van der Waals surface area (Å²) in [5, 5.41) is 10.1. The lowest BCUT2D eigenvalue weighted by atomic mass is 9.82. The van der Waals surface area contributed by atoms with Gasteiger partial charge in [0, 0.05) is 71.3 Å². The van der Waals surface area contributed by atoms with Gasteiger partial charge >= 0.3 is 0 Å². The molecule has 0 aliphatic heterocycles. The Bertz CT molecular complexity index is 5900. The predicted molar refractivity (Wildman–Crippen MR) is 384 cm³/mol. The molecule has 4 heteroatoms. The van der Waals surface area contributed by atoms with Crippen molar-refractivity contribution in [2.45, 2.75) is 19.3 Å². The average Bonchev–Trinajstić information content (AvgIpc) is 1.85. The topological polar surface area (TPSA) is 19.7 Å². The second-order valence-corrected chi connectivity index (χ2v) is 24.8. The summed E-state index contributed by atoms with van der Waals surface area (Å²) in [5.41, 5.74) is 27.3. The van der Waals surface area contributed by atoms with Gasteiger partial charge in [-0.1, -0.05) is 220 Å². The lowest BCUT2D eigenvalue weighted by molar-refractivity contribution is 0.660. The molecule has 0 N–H and O–H groups in total. The van der Waals surface area contributed by atoms with E-state index in [2.05, 4.69) is 360 Å². The molecule has 0 unspecified atom stereocenters. The summed E-state index contributed by atoms with van der Waals surface area (Å²) in [4.78, 5) is 0. The molecular weight excluding hydrogens is 1100 g/mol. The summed E-state index contributed by atoms with van der Waals surface area (Å²) < 4.78 is 9.58. The van der Waals surface area contributed by atoms with Crippen molar-refractivity contribution in [3.05, 3.63) is 339 Å². The van der Waals surface area contributed by atoms with Crippen molar-refractivity contribution >= 4 is 87.2 Å². The molecule has 19 rings (SSSR count). The summed E-state index contributed by atoms with van der Waals surface area (Å²) in [6.45, 7) is 4.71. The molecule has 0 fully saturated rings. The Kier molecular flexibility index (Phi) is 11.9. The molecule has 1 aliphatic carbocycles. The van der Waals surface area contributed by atoms with E-state index in [1.54, 1.807) is 0 Å². The molecule has 4 aromatic heterocycles. The van der Waals surface area contributed by atoms with E-state index in [1.807, 2.05) is 0 Å². The minimum absolute atomic E-state index is 0.0455. The largest absolute Gasteiger partial charge is 0.309 e. The van der Waals surface area contributed by atoms with Crippen molar-refractivity contribution < 1.29 is 0 Å². The highest BCUT2D eigenvalue weighted by Crippen LogP contribution is 2.50. The fourth-order valence-electron chi connectivity index (χ4n) is 15.1. The third-order valence-electron chi connectivity index (χ3n) is 19.4. The number of nitrogens with zero attached hydrogens (tertiary/aromatic N) is 4. The third kappa shape index (κ3) is 8.30. The summed E-state index contributed by atoms with van der Waals surface area (Å²) in [5.74, 6) is 0. The van der Waals surface area contributed by atoms with Gasteiger partial charge in [-0.25, -0.2) is 0 Å². The quantitative estimate of drug-likeness (QED) is 0.152. The first-order chi connectivity index (χ1) is 44.9. The molecule has 4 nitrogen and oxygen atoms in total. The maximum atomic E-state index is 2.45. The van der Waals surface area contributed by atoms with Crippen molar-refractivity contribution in [1.82, 2.24) is 18.3 Å². The van der Waals surface area contributed by atoms with Crippen LogP contribution in [0.25, 0.3) is 154 Å². The van der Waals surface area contributed by atoms with Gasteiger partial charge in [0.15, 0.2) is 0 Å². The van der Waals surface area contributed by atoms with Crippen LogP contribution in [0.2, 0.25) is 0 Å². The number of rotatable bonds is 7. The molecule has 0 saturated heterocycles. The minimum Gasteiger partial charge on any atom is -0.309 e. The molecule has 1 aliphatic rings. The number of para-hydroxylation sites is 6. The smallest absolute Gasteiger partial charge is 0.0541 e. The molecule has 0 saturated carbocycles. The number of hydrogen-bond donors (Lipinski definition) is 0. The highest BCUT2D eigenvalue weighted by Gasteiger charge is 2.35. The van der Waals surface area contributed by atoms with Crippen molar-refractivity contribution in [3.63, 3.8) is 0 Å². The van der Waals surface area contributed by atoms with Crippen LogP contribution >= 0.6 is 0 Å². The molecule has 428 valence electrons. The van der Waals surface area contributed by atoms with Crippen molar-refractivity contribution in [1.29, 1.82) is 0 Å². The van der Waals surface area contributed by atoms with Gasteiger partial charge in [-0.05, 0) is 177 Å². The highest BCUT2D eigenvalue weighted by molar-refractivity contribution is 6.15. The summed E-state index contributed by atoms with van der Waals surface area (Å²) >= 11 is 0. The van der Waals surface area contributed by atoms with Gasteiger partial charge in [0.05, 0.1) is 44.1 Å². The van der Waals surface area contributed by atoms with Gasteiger partial charge in [-0.3, -0.25) is 0 Å². The monoisotopic (exact) mass is 1160 g/mol. The Labute approximate surface area is 527 Å². The Hall–Kier alpha value is -11.7. The number of fused-ring (bicyclic) bond motifs is 15. The maximum Gasteiger partial charge on any atom is 0.0541 e. The van der Waals surface area contributed by atoms with Crippen molar-refractivity contribution in [2.24, 2.45) is 0 Å². The summed E-state index contributed by atoms with van der Waals surface area (Å²) in [6, 6.07) is 119. The van der Waals surface area contributed by atoms with Crippen LogP contribution in [-0.2, 0) is 5.41 Å². The van der Waals surface area contributed by atoms with Gasteiger partial charge in [0.2, 0.25) is 0 Å². The zero-order valence-electron chi connectivity index (χ0n) is 50.5. The molecule has 0 bridgehead atoms. The van der Waals surface area contributed by atoms with E-state index in [4.69, 9.17) is 0 Å². The van der Waals surface area contributed by atoms with Crippen LogP contribution in [0.15, 0.2) is 328 Å². The lowest BCUT2D eigenvalue weighted by Gasteiger charge is -2.22. The Morgan fingerprint density at radius 1 is 0.187 bits per heavy atom. The highest BCUT2D eigenvalue weighted by atomic mass is 15.0. The van der Waals surface area contributed by atoms with Crippen LogP contribution in [-0.4, -0.2) is 18.3 Å². The fraction of sp³-hybridized carbons (Fsp3) is 0.0345. The first-order valence-electron chi connectivity index (χ1n) is 31.6. The molecule has 91 heavy (non-hydrogen) atoms. The summed E-state index contributed by atoms with van der Waals surface area (Å²) in [6.07, 6.45) is 0. The average molecular weight is 1160 g/mol. The fourth-order valence-corrected chi connectivity index (χ4v) is 15.1. The number of benzene rings is 14. The van der Waals surface area contributed by atoms with Crippen LogP contribution in [0.3, 0.4) is 0 Å². The summed E-state index contributed by atoms with van der Waals surface area (Å²) in [7, 11) is 0. The van der Waals surface area contributed by atoms with Gasteiger partial charge in [0.1, 0.15) is 0 Å². The van der Waals surface area contributed by atoms with Gasteiger partial charge in [-0.2, -0.15) is 0 Å². The Balaban J connectivity index is 0.000000135. The number of aromatic nitrogens is 4. The van der Waals surface area contributed by atoms with Crippen LogP contribution in [0.4, 0.5) is 0 Å².